The zero-order valence-electron chi connectivity index (χ0n) is 25.5. The van der Waals surface area contributed by atoms with Gasteiger partial charge in [-0.05, 0) is 65.1 Å². The zero-order valence-corrected chi connectivity index (χ0v) is 27.9. The summed E-state index contributed by atoms with van der Waals surface area (Å²) in [6.45, 7) is 0.929. The molecule has 1 aliphatic carbocycles. The third kappa shape index (κ3) is 6.36. The van der Waals surface area contributed by atoms with Crippen molar-refractivity contribution in [1.29, 1.82) is 0 Å². The average Bonchev–Trinajstić information content (AvgIpc) is 3.56. The maximum absolute atomic E-state index is 14.4. The van der Waals surface area contributed by atoms with Crippen molar-refractivity contribution in [1.82, 2.24) is 15.5 Å². The van der Waals surface area contributed by atoms with Gasteiger partial charge in [0, 0.05) is 18.7 Å². The molecular formula is C37H38FN3O3P2. The van der Waals surface area contributed by atoms with Crippen LogP contribution in [-0.2, 0) is 15.0 Å². The quantitative estimate of drug-likeness (QED) is 0.147. The smallest absolute Gasteiger partial charge is 0.252 e. The van der Waals surface area contributed by atoms with E-state index in [1.54, 1.807) is 11.0 Å². The second-order valence-corrected chi connectivity index (χ2v) is 14.7. The van der Waals surface area contributed by atoms with Crippen LogP contribution in [0.5, 0.6) is 0 Å². The van der Waals surface area contributed by atoms with Gasteiger partial charge in [0.25, 0.3) is 5.91 Å². The monoisotopic (exact) mass is 653 g/mol. The highest BCUT2D eigenvalue weighted by Crippen LogP contribution is 2.51. The molecule has 3 atom stereocenters. The van der Waals surface area contributed by atoms with Crippen LogP contribution in [0.15, 0.2) is 103 Å². The van der Waals surface area contributed by atoms with Gasteiger partial charge in [-0.25, -0.2) is 4.39 Å². The van der Waals surface area contributed by atoms with Gasteiger partial charge in [-0.2, -0.15) is 0 Å². The largest absolute Gasteiger partial charge is 0.351 e. The van der Waals surface area contributed by atoms with E-state index in [1.165, 1.54) is 0 Å². The molecule has 0 aromatic heterocycles. The SMILES string of the molecule is O=C(NC1CCN(CCCCC2(C(=O)NCC(F)(P)P)c3ccccc3-c3ccccc32)C1=O)c1ccccc1-c1ccccc1. The van der Waals surface area contributed by atoms with Crippen molar-refractivity contribution in [2.24, 2.45) is 0 Å². The van der Waals surface area contributed by atoms with Crippen LogP contribution in [0.25, 0.3) is 22.3 Å². The lowest BCUT2D eigenvalue weighted by molar-refractivity contribution is -0.129. The second-order valence-electron chi connectivity index (χ2n) is 12.1. The molecule has 4 aromatic rings. The fraction of sp³-hybridized carbons (Fsp3) is 0.270. The third-order valence-corrected chi connectivity index (χ3v) is 9.47. The number of fused-ring (bicyclic) bond motifs is 3. The van der Waals surface area contributed by atoms with Gasteiger partial charge in [0.2, 0.25) is 11.8 Å². The number of hydrogen-bond donors (Lipinski definition) is 2. The number of nitrogens with zero attached hydrogens (tertiary/aromatic N) is 1. The lowest BCUT2D eigenvalue weighted by Gasteiger charge is -2.32. The lowest BCUT2D eigenvalue weighted by atomic mass is 9.73. The molecule has 1 aliphatic heterocycles. The van der Waals surface area contributed by atoms with Gasteiger partial charge in [-0.15, -0.1) is 0 Å². The van der Waals surface area contributed by atoms with E-state index in [1.807, 2.05) is 97.1 Å². The standard InChI is InChI=1S/C37H38FN3O3P2/c38-37(45,46)24-39-35(44)36(30-18-8-6-15-27(30)28-16-7-9-19-31(28)36)21-10-11-22-41-23-20-32(34(41)43)40-33(42)29-17-5-4-14-26(29)25-12-2-1-3-13-25/h1-9,12-19,32H,10-11,20-24,45-46H2,(H,39,44)(H,40,42). The van der Waals surface area contributed by atoms with Crippen molar-refractivity contribution in [3.8, 4) is 22.3 Å². The molecule has 2 aliphatic rings. The van der Waals surface area contributed by atoms with E-state index < -0.39 is 16.6 Å². The molecule has 1 saturated heterocycles. The number of carbonyl (C=O) groups is 3. The highest BCUT2D eigenvalue weighted by molar-refractivity contribution is 7.39. The topological polar surface area (TPSA) is 78.5 Å². The summed E-state index contributed by atoms with van der Waals surface area (Å²) in [7, 11) is 4.22. The Balaban J connectivity index is 1.12. The van der Waals surface area contributed by atoms with E-state index in [0.717, 1.165) is 33.4 Å². The lowest BCUT2D eigenvalue weighted by Crippen LogP contribution is -2.46. The Morgan fingerprint density at radius 3 is 2.07 bits per heavy atom. The van der Waals surface area contributed by atoms with Gasteiger partial charge < -0.3 is 15.5 Å². The Bertz CT molecular complexity index is 1710. The van der Waals surface area contributed by atoms with Crippen LogP contribution in [-0.4, -0.2) is 53.4 Å². The van der Waals surface area contributed by atoms with Gasteiger partial charge in [0.15, 0.2) is 5.15 Å². The Labute approximate surface area is 274 Å². The highest BCUT2D eigenvalue weighted by Gasteiger charge is 2.48. The number of likely N-dealkylation sites (tertiary alicyclic amines) is 1. The predicted molar refractivity (Wildman–Crippen MR) is 187 cm³/mol. The van der Waals surface area contributed by atoms with Crippen molar-refractivity contribution < 1.29 is 18.8 Å². The van der Waals surface area contributed by atoms with Crippen LogP contribution >= 0.6 is 18.5 Å². The fourth-order valence-electron chi connectivity index (χ4n) is 6.89. The molecule has 6 rings (SSSR count). The first-order valence-electron chi connectivity index (χ1n) is 15.7. The first-order valence-corrected chi connectivity index (χ1v) is 16.8. The molecule has 3 unspecified atom stereocenters. The minimum absolute atomic E-state index is 0.0882. The Morgan fingerprint density at radius 2 is 1.41 bits per heavy atom. The van der Waals surface area contributed by atoms with Crippen molar-refractivity contribution in [2.45, 2.75) is 42.3 Å². The summed E-state index contributed by atoms with van der Waals surface area (Å²) in [5.41, 5.74) is 5.20. The van der Waals surface area contributed by atoms with E-state index in [-0.39, 0.29) is 24.3 Å². The minimum atomic E-state index is -1.71. The highest BCUT2D eigenvalue weighted by atomic mass is 31.1. The molecule has 1 heterocycles. The Morgan fingerprint density at radius 1 is 0.826 bits per heavy atom. The van der Waals surface area contributed by atoms with Crippen molar-refractivity contribution in [3.05, 3.63) is 120 Å². The summed E-state index contributed by atoms with van der Waals surface area (Å²) in [5, 5.41) is 4.13. The van der Waals surface area contributed by atoms with Crippen molar-refractivity contribution in [3.63, 3.8) is 0 Å². The number of hydrogen-bond acceptors (Lipinski definition) is 3. The maximum Gasteiger partial charge on any atom is 0.252 e. The summed E-state index contributed by atoms with van der Waals surface area (Å²) in [4.78, 5) is 42.5. The summed E-state index contributed by atoms with van der Waals surface area (Å²) in [5.74, 6) is -0.582. The molecule has 6 nitrogen and oxygen atoms in total. The Kier molecular flexibility index (Phi) is 9.36. The van der Waals surface area contributed by atoms with E-state index in [9.17, 15) is 18.8 Å². The van der Waals surface area contributed by atoms with Gasteiger partial charge in [0.05, 0.1) is 6.54 Å². The Hall–Kier alpha value is -3.92. The number of carbonyl (C=O) groups excluding carboxylic acids is 3. The molecule has 0 saturated carbocycles. The molecule has 4 aromatic carbocycles. The van der Waals surface area contributed by atoms with E-state index in [0.29, 0.717) is 44.3 Å². The first kappa shape index (κ1) is 32.0. The number of halogens is 1. The number of amides is 3. The number of nitrogens with one attached hydrogen (secondary N) is 2. The first-order chi connectivity index (χ1) is 22.2. The molecule has 3 amide bonds. The van der Waals surface area contributed by atoms with Crippen LogP contribution in [0.1, 0.15) is 47.2 Å². The van der Waals surface area contributed by atoms with E-state index in [4.69, 9.17) is 0 Å². The van der Waals surface area contributed by atoms with Gasteiger partial charge >= 0.3 is 0 Å². The summed E-state index contributed by atoms with van der Waals surface area (Å²) in [6, 6.07) is 32.4. The number of benzene rings is 4. The van der Waals surface area contributed by atoms with Crippen molar-refractivity contribution >= 4 is 36.2 Å². The fourth-order valence-corrected chi connectivity index (χ4v) is 7.10. The molecular weight excluding hydrogens is 615 g/mol. The van der Waals surface area contributed by atoms with Crippen LogP contribution < -0.4 is 10.6 Å². The molecule has 1 fully saturated rings. The summed E-state index contributed by atoms with van der Waals surface area (Å²) >= 11 is 0. The molecule has 0 bridgehead atoms. The molecule has 0 spiro atoms. The third-order valence-electron chi connectivity index (χ3n) is 9.06. The molecule has 0 radical (unpaired) electrons. The van der Waals surface area contributed by atoms with E-state index >= 15 is 0 Å². The predicted octanol–water partition coefficient (Wildman–Crippen LogP) is 6.31. The average molecular weight is 654 g/mol. The molecule has 236 valence electrons. The number of unbranched alkanes of at least 4 members (excludes halogenated alkanes) is 1. The van der Waals surface area contributed by atoms with Gasteiger partial charge in [-0.1, -0.05) is 116 Å². The van der Waals surface area contributed by atoms with Crippen LogP contribution in [0.3, 0.4) is 0 Å². The maximum atomic E-state index is 14.4. The zero-order chi connectivity index (χ0) is 32.3. The number of alkyl halides is 1. The van der Waals surface area contributed by atoms with Crippen molar-refractivity contribution in [2.75, 3.05) is 19.6 Å². The molecule has 9 heteroatoms. The minimum Gasteiger partial charge on any atom is -0.351 e. The second kappa shape index (κ2) is 13.4. The molecule has 46 heavy (non-hydrogen) atoms. The van der Waals surface area contributed by atoms with Gasteiger partial charge in [-0.3, -0.25) is 14.4 Å². The number of rotatable bonds is 11. The summed E-state index contributed by atoms with van der Waals surface area (Å²) < 4.78 is 14.4. The van der Waals surface area contributed by atoms with Crippen LogP contribution in [0.2, 0.25) is 0 Å². The summed E-state index contributed by atoms with van der Waals surface area (Å²) in [6.07, 6.45) is 2.41. The van der Waals surface area contributed by atoms with Crippen LogP contribution in [0, 0.1) is 0 Å². The van der Waals surface area contributed by atoms with Gasteiger partial charge in [0.1, 0.15) is 11.5 Å². The van der Waals surface area contributed by atoms with Crippen LogP contribution in [0.4, 0.5) is 4.39 Å². The normalized spacial score (nSPS) is 16.5. The molecule has 2 N–H and O–H groups in total. The van der Waals surface area contributed by atoms with E-state index in [2.05, 4.69) is 29.1 Å².